The fourth-order valence-electron chi connectivity index (χ4n) is 1.75. The van der Waals surface area contributed by atoms with Crippen LogP contribution in [-0.4, -0.2) is 7.11 Å². The molecule has 0 radical (unpaired) electrons. The maximum Gasteiger partial charge on any atom is 0.184 e. The fraction of sp³-hybridized carbons (Fsp3) is 0.143. The Hall–Kier alpha value is -2.14. The Morgan fingerprint density at radius 3 is 2.63 bits per heavy atom. The van der Waals surface area contributed by atoms with Crippen molar-refractivity contribution < 1.29 is 13.5 Å². The lowest BCUT2D eigenvalue weighted by Crippen LogP contribution is -2.03. The molecule has 2 aromatic rings. The zero-order valence-electron chi connectivity index (χ0n) is 10.4. The highest BCUT2D eigenvalue weighted by atomic mass is 19.2. The van der Waals surface area contributed by atoms with Gasteiger partial charge in [0.1, 0.15) is 5.69 Å². The largest absolute Gasteiger partial charge is 0.397 e. The second-order valence-electron chi connectivity index (χ2n) is 4.04. The molecule has 0 saturated carbocycles. The smallest absolute Gasteiger partial charge is 0.184 e. The molecule has 0 aromatic heterocycles. The number of halogens is 2. The first-order chi connectivity index (χ1) is 9.13. The molecule has 2 rings (SSSR count). The maximum atomic E-state index is 13.7. The Balaban J connectivity index is 2.39. The van der Waals surface area contributed by atoms with E-state index in [0.717, 1.165) is 11.6 Å². The van der Waals surface area contributed by atoms with E-state index in [1.807, 2.05) is 12.1 Å². The third-order valence-corrected chi connectivity index (χ3v) is 2.70. The van der Waals surface area contributed by atoms with Gasteiger partial charge in [0.2, 0.25) is 0 Å². The van der Waals surface area contributed by atoms with E-state index in [-0.39, 0.29) is 11.4 Å². The van der Waals surface area contributed by atoms with E-state index in [1.54, 1.807) is 19.2 Å². The van der Waals surface area contributed by atoms with Crippen molar-refractivity contribution in [3.8, 4) is 0 Å². The molecule has 0 aliphatic rings. The summed E-state index contributed by atoms with van der Waals surface area (Å²) in [7, 11) is 1.56. The highest BCUT2D eigenvalue weighted by Gasteiger charge is 2.13. The molecular formula is C14H14F2N2O. The zero-order chi connectivity index (χ0) is 13.8. The van der Waals surface area contributed by atoms with Crippen LogP contribution in [0.3, 0.4) is 0 Å². The molecule has 0 aliphatic carbocycles. The van der Waals surface area contributed by atoms with Gasteiger partial charge in [0, 0.05) is 18.4 Å². The molecule has 0 fully saturated rings. The van der Waals surface area contributed by atoms with Crippen LogP contribution in [0, 0.1) is 11.6 Å². The normalized spacial score (nSPS) is 10.5. The van der Waals surface area contributed by atoms with Crippen LogP contribution in [0.5, 0.6) is 0 Å². The van der Waals surface area contributed by atoms with Crippen LogP contribution in [0.2, 0.25) is 0 Å². The first-order valence-corrected chi connectivity index (χ1v) is 5.71. The Morgan fingerprint density at radius 2 is 1.89 bits per heavy atom. The number of nitrogens with two attached hydrogens (primary N) is 1. The number of methoxy groups -OCH3 is 1. The molecule has 0 unspecified atom stereocenters. The highest BCUT2D eigenvalue weighted by molar-refractivity contribution is 5.74. The summed E-state index contributed by atoms with van der Waals surface area (Å²) in [6, 6.07) is 9.52. The van der Waals surface area contributed by atoms with Crippen LogP contribution in [0.15, 0.2) is 36.4 Å². The number of anilines is 3. The van der Waals surface area contributed by atoms with Crippen LogP contribution >= 0.6 is 0 Å². The maximum absolute atomic E-state index is 13.7. The van der Waals surface area contributed by atoms with Crippen LogP contribution in [0.1, 0.15) is 5.56 Å². The highest BCUT2D eigenvalue weighted by Crippen LogP contribution is 2.29. The topological polar surface area (TPSA) is 47.3 Å². The van der Waals surface area contributed by atoms with Crippen molar-refractivity contribution in [2.75, 3.05) is 18.2 Å². The van der Waals surface area contributed by atoms with E-state index in [9.17, 15) is 8.78 Å². The van der Waals surface area contributed by atoms with Crippen molar-refractivity contribution in [3.63, 3.8) is 0 Å². The monoisotopic (exact) mass is 264 g/mol. The van der Waals surface area contributed by atoms with Gasteiger partial charge in [0.05, 0.1) is 12.3 Å². The first-order valence-electron chi connectivity index (χ1n) is 5.71. The number of hydrogen-bond acceptors (Lipinski definition) is 3. The van der Waals surface area contributed by atoms with Gasteiger partial charge in [-0.2, -0.15) is 0 Å². The van der Waals surface area contributed by atoms with Gasteiger partial charge in [-0.3, -0.25) is 0 Å². The molecule has 0 atom stereocenters. The summed E-state index contributed by atoms with van der Waals surface area (Å²) in [5.74, 6) is -1.94. The number of para-hydroxylation sites is 1. The van der Waals surface area contributed by atoms with E-state index in [2.05, 4.69) is 5.32 Å². The molecule has 3 nitrogen and oxygen atoms in total. The number of nitrogen functional groups attached to an aromatic ring is 1. The molecule has 0 aliphatic heterocycles. The van der Waals surface area contributed by atoms with Gasteiger partial charge in [-0.05, 0) is 18.2 Å². The lowest BCUT2D eigenvalue weighted by molar-refractivity contribution is 0.185. The molecule has 2 aromatic carbocycles. The third-order valence-electron chi connectivity index (χ3n) is 2.70. The van der Waals surface area contributed by atoms with Gasteiger partial charge in [0.25, 0.3) is 0 Å². The number of nitrogens with one attached hydrogen (secondary N) is 1. The van der Waals surface area contributed by atoms with E-state index < -0.39 is 11.6 Å². The average Bonchev–Trinajstić information content (AvgIpc) is 2.41. The van der Waals surface area contributed by atoms with Crippen LogP contribution < -0.4 is 11.1 Å². The number of benzene rings is 2. The minimum Gasteiger partial charge on any atom is -0.397 e. The molecule has 0 amide bonds. The van der Waals surface area contributed by atoms with Gasteiger partial charge < -0.3 is 15.8 Å². The second kappa shape index (κ2) is 5.67. The van der Waals surface area contributed by atoms with Crippen molar-refractivity contribution >= 4 is 17.1 Å². The van der Waals surface area contributed by atoms with Crippen molar-refractivity contribution in [2.24, 2.45) is 0 Å². The molecular weight excluding hydrogens is 250 g/mol. The van der Waals surface area contributed by atoms with Crippen molar-refractivity contribution in [3.05, 3.63) is 53.6 Å². The molecule has 5 heteroatoms. The molecule has 100 valence electrons. The Kier molecular flexibility index (Phi) is 3.97. The molecule has 0 saturated heterocycles. The van der Waals surface area contributed by atoms with E-state index in [0.29, 0.717) is 12.3 Å². The van der Waals surface area contributed by atoms with Gasteiger partial charge >= 0.3 is 0 Å². The van der Waals surface area contributed by atoms with Crippen LogP contribution in [-0.2, 0) is 11.3 Å². The Morgan fingerprint density at radius 1 is 1.16 bits per heavy atom. The average molecular weight is 264 g/mol. The van der Waals surface area contributed by atoms with Crippen LogP contribution in [0.4, 0.5) is 25.8 Å². The summed E-state index contributed by atoms with van der Waals surface area (Å²) in [5.41, 5.74) is 7.19. The molecule has 0 spiro atoms. The van der Waals surface area contributed by atoms with Gasteiger partial charge in [0.15, 0.2) is 11.6 Å². The van der Waals surface area contributed by atoms with Gasteiger partial charge in [-0.15, -0.1) is 0 Å². The number of hydrogen-bond donors (Lipinski definition) is 2. The predicted molar refractivity (Wildman–Crippen MR) is 71.2 cm³/mol. The third kappa shape index (κ3) is 2.82. The number of ether oxygens (including phenoxy) is 1. The summed E-state index contributed by atoms with van der Waals surface area (Å²) in [6.07, 6.45) is 0. The molecule has 0 bridgehead atoms. The lowest BCUT2D eigenvalue weighted by atomic mass is 10.1. The van der Waals surface area contributed by atoms with Crippen molar-refractivity contribution in [1.82, 2.24) is 0 Å². The van der Waals surface area contributed by atoms with E-state index in [4.69, 9.17) is 10.5 Å². The SMILES string of the molecule is COCc1ccccc1Nc1c(N)ccc(F)c1F. The van der Waals surface area contributed by atoms with Crippen molar-refractivity contribution in [1.29, 1.82) is 0 Å². The predicted octanol–water partition coefficient (Wildman–Crippen LogP) is 3.44. The number of rotatable bonds is 4. The van der Waals surface area contributed by atoms with Gasteiger partial charge in [-0.1, -0.05) is 18.2 Å². The summed E-state index contributed by atoms with van der Waals surface area (Å²) in [4.78, 5) is 0. The summed E-state index contributed by atoms with van der Waals surface area (Å²) < 4.78 is 32.0. The van der Waals surface area contributed by atoms with Crippen molar-refractivity contribution in [2.45, 2.75) is 6.61 Å². The summed E-state index contributed by atoms with van der Waals surface area (Å²) in [6.45, 7) is 0.361. The minimum absolute atomic E-state index is 0.0662. The summed E-state index contributed by atoms with van der Waals surface area (Å²) >= 11 is 0. The Bertz CT molecular complexity index is 588. The second-order valence-corrected chi connectivity index (χ2v) is 4.04. The summed E-state index contributed by atoms with van der Waals surface area (Å²) in [5, 5.41) is 2.81. The first kappa shape index (κ1) is 13.3. The molecule has 3 N–H and O–H groups in total. The zero-order valence-corrected chi connectivity index (χ0v) is 10.4. The standard InChI is InChI=1S/C14H14F2N2O/c1-19-8-9-4-2-3-5-12(9)18-14-11(17)7-6-10(15)13(14)16/h2-7,18H,8,17H2,1H3. The molecule has 0 heterocycles. The minimum atomic E-state index is -0.993. The Labute approximate surface area is 110 Å². The lowest BCUT2D eigenvalue weighted by Gasteiger charge is -2.14. The van der Waals surface area contributed by atoms with Crippen LogP contribution in [0.25, 0.3) is 0 Å². The van der Waals surface area contributed by atoms with E-state index in [1.165, 1.54) is 6.07 Å². The molecule has 19 heavy (non-hydrogen) atoms. The van der Waals surface area contributed by atoms with E-state index >= 15 is 0 Å². The fourth-order valence-corrected chi connectivity index (χ4v) is 1.75. The van der Waals surface area contributed by atoms with Gasteiger partial charge in [-0.25, -0.2) is 8.78 Å². The quantitative estimate of drug-likeness (QED) is 0.832.